The van der Waals surface area contributed by atoms with Gasteiger partial charge in [0.05, 0.1) is 18.2 Å². The Labute approximate surface area is 58.6 Å². The number of rotatable bonds is 0. The Hall–Kier alpha value is -0.420. The zero-order valence-corrected chi connectivity index (χ0v) is 5.38. The molecule has 4 heteroatoms. The van der Waals surface area contributed by atoms with E-state index in [1.54, 1.807) is 0 Å². The van der Waals surface area contributed by atoms with Crippen LogP contribution in [0, 0.1) is 0 Å². The van der Waals surface area contributed by atoms with E-state index in [2.05, 4.69) is 0 Å². The largest absolute Gasteiger partial charge is 0.388 e. The van der Waals surface area contributed by atoms with Crippen LogP contribution in [0.4, 0.5) is 0 Å². The van der Waals surface area contributed by atoms with Gasteiger partial charge in [-0.1, -0.05) is 12.2 Å². The summed E-state index contributed by atoms with van der Waals surface area (Å²) in [6.07, 6.45) is -0.141. The van der Waals surface area contributed by atoms with E-state index in [0.29, 0.717) is 0 Å². The summed E-state index contributed by atoms with van der Waals surface area (Å²) in [5, 5.41) is 27.0. The maximum absolute atomic E-state index is 9.03. The van der Waals surface area contributed by atoms with Gasteiger partial charge in [-0.15, -0.1) is 0 Å². The third kappa shape index (κ3) is 1.19. The van der Waals surface area contributed by atoms with E-state index in [9.17, 15) is 0 Å². The molecule has 0 aromatic carbocycles. The van der Waals surface area contributed by atoms with Crippen molar-refractivity contribution in [1.29, 1.82) is 0 Å². The minimum atomic E-state index is -1.06. The Morgan fingerprint density at radius 3 is 2.00 bits per heavy atom. The molecule has 0 bridgehead atoms. The predicted molar refractivity (Wildman–Crippen MR) is 35.1 cm³/mol. The Balaban J connectivity index is 2.69. The van der Waals surface area contributed by atoms with Crippen molar-refractivity contribution in [3.8, 4) is 0 Å². The minimum absolute atomic E-state index is 0.778. The Bertz CT molecular complexity index is 132. The second kappa shape index (κ2) is 2.67. The van der Waals surface area contributed by atoms with Gasteiger partial charge in [0.2, 0.25) is 0 Å². The third-order valence-electron chi connectivity index (χ3n) is 1.64. The monoisotopic (exact) mass is 145 g/mol. The molecule has 1 rings (SSSR count). The van der Waals surface area contributed by atoms with E-state index in [-0.39, 0.29) is 0 Å². The highest BCUT2D eigenvalue weighted by atomic mass is 16.3. The highest BCUT2D eigenvalue weighted by Crippen LogP contribution is 2.10. The van der Waals surface area contributed by atoms with Crippen LogP contribution in [0.25, 0.3) is 0 Å². The molecule has 0 fully saturated rings. The minimum Gasteiger partial charge on any atom is -0.388 e. The first-order chi connectivity index (χ1) is 4.63. The van der Waals surface area contributed by atoms with Crippen LogP contribution in [-0.4, -0.2) is 39.7 Å². The molecule has 10 heavy (non-hydrogen) atoms. The average molecular weight is 145 g/mol. The van der Waals surface area contributed by atoms with Crippen molar-refractivity contribution >= 4 is 0 Å². The highest BCUT2D eigenvalue weighted by molar-refractivity contribution is 5.08. The number of aliphatic hydroxyl groups excluding tert-OH is 3. The molecule has 4 atom stereocenters. The first kappa shape index (κ1) is 7.68. The number of aliphatic hydroxyl groups is 3. The van der Waals surface area contributed by atoms with Crippen molar-refractivity contribution in [2.24, 2.45) is 5.73 Å². The number of hydrogen-bond acceptors (Lipinski definition) is 4. The second-order valence-corrected chi connectivity index (χ2v) is 2.43. The first-order valence-electron chi connectivity index (χ1n) is 3.11. The van der Waals surface area contributed by atoms with Crippen LogP contribution in [-0.2, 0) is 0 Å². The van der Waals surface area contributed by atoms with Crippen molar-refractivity contribution in [2.45, 2.75) is 24.4 Å². The number of hydrogen-bond donors (Lipinski definition) is 4. The van der Waals surface area contributed by atoms with Gasteiger partial charge in [-0.3, -0.25) is 0 Å². The summed E-state index contributed by atoms with van der Waals surface area (Å²) in [5.41, 5.74) is 5.30. The van der Waals surface area contributed by atoms with Crippen LogP contribution in [0.5, 0.6) is 0 Å². The lowest BCUT2D eigenvalue weighted by Crippen LogP contribution is -2.51. The Kier molecular flexibility index (Phi) is 2.05. The molecule has 0 saturated heterocycles. The van der Waals surface area contributed by atoms with Gasteiger partial charge in [0.1, 0.15) is 6.10 Å². The summed E-state index contributed by atoms with van der Waals surface area (Å²) >= 11 is 0. The van der Waals surface area contributed by atoms with Gasteiger partial charge in [0, 0.05) is 0 Å². The molecule has 0 amide bonds. The summed E-state index contributed by atoms with van der Waals surface area (Å²) in [6, 6.07) is -0.778. The molecule has 0 spiro atoms. The zero-order chi connectivity index (χ0) is 7.72. The normalized spacial score (nSPS) is 47.6. The lowest BCUT2D eigenvalue weighted by Gasteiger charge is -2.28. The van der Waals surface area contributed by atoms with Crippen molar-refractivity contribution in [2.75, 3.05) is 0 Å². The molecule has 5 N–H and O–H groups in total. The molecule has 0 saturated carbocycles. The fourth-order valence-electron chi connectivity index (χ4n) is 0.900. The summed E-state index contributed by atoms with van der Waals surface area (Å²) in [5.74, 6) is 0. The molecule has 0 aliphatic heterocycles. The average Bonchev–Trinajstić information content (AvgIpc) is 1.93. The van der Waals surface area contributed by atoms with Crippen LogP contribution < -0.4 is 5.73 Å². The van der Waals surface area contributed by atoms with Crippen LogP contribution in [0.15, 0.2) is 12.2 Å². The Morgan fingerprint density at radius 1 is 1.00 bits per heavy atom. The molecule has 58 valence electrons. The van der Waals surface area contributed by atoms with Gasteiger partial charge in [0.25, 0.3) is 0 Å². The lowest BCUT2D eigenvalue weighted by molar-refractivity contribution is -0.00627. The molecular weight excluding hydrogens is 134 g/mol. The summed E-state index contributed by atoms with van der Waals surface area (Å²) in [4.78, 5) is 0. The topological polar surface area (TPSA) is 86.7 Å². The van der Waals surface area contributed by atoms with Gasteiger partial charge in [-0.05, 0) is 0 Å². The van der Waals surface area contributed by atoms with Gasteiger partial charge < -0.3 is 21.1 Å². The molecule has 0 unspecified atom stereocenters. The lowest BCUT2D eigenvalue weighted by atomic mass is 9.95. The third-order valence-corrected chi connectivity index (χ3v) is 1.64. The highest BCUT2D eigenvalue weighted by Gasteiger charge is 2.29. The van der Waals surface area contributed by atoms with Gasteiger partial charge in [-0.25, -0.2) is 0 Å². The van der Waals surface area contributed by atoms with E-state index in [0.717, 1.165) is 0 Å². The molecule has 0 aromatic rings. The zero-order valence-electron chi connectivity index (χ0n) is 5.38. The summed E-state index contributed by atoms with van der Waals surface area (Å²) < 4.78 is 0. The van der Waals surface area contributed by atoms with Crippen molar-refractivity contribution in [1.82, 2.24) is 0 Å². The van der Waals surface area contributed by atoms with E-state index in [4.69, 9.17) is 21.1 Å². The van der Waals surface area contributed by atoms with Crippen molar-refractivity contribution < 1.29 is 15.3 Å². The van der Waals surface area contributed by atoms with Crippen molar-refractivity contribution in [3.63, 3.8) is 0 Å². The van der Waals surface area contributed by atoms with Crippen LogP contribution in [0.2, 0.25) is 0 Å². The van der Waals surface area contributed by atoms with E-state index in [1.807, 2.05) is 0 Å². The van der Waals surface area contributed by atoms with E-state index in [1.165, 1.54) is 12.2 Å². The first-order valence-corrected chi connectivity index (χ1v) is 3.11. The van der Waals surface area contributed by atoms with Crippen LogP contribution >= 0.6 is 0 Å². The van der Waals surface area contributed by atoms with Gasteiger partial charge in [-0.2, -0.15) is 0 Å². The number of nitrogens with two attached hydrogens (primary N) is 1. The molecule has 0 aromatic heterocycles. The van der Waals surface area contributed by atoms with E-state index >= 15 is 0 Å². The smallest absolute Gasteiger partial charge is 0.101 e. The quantitative estimate of drug-likeness (QED) is 0.296. The van der Waals surface area contributed by atoms with E-state index < -0.39 is 24.4 Å². The van der Waals surface area contributed by atoms with Gasteiger partial charge in [0.15, 0.2) is 0 Å². The fourth-order valence-corrected chi connectivity index (χ4v) is 0.900. The summed E-state index contributed by atoms with van der Waals surface area (Å²) in [7, 11) is 0. The standard InChI is InChI=1S/C6H11NO3/c7-5-3(8)1-2-4(9)6(5)10/h1-6,8-10H,7H2/t3-,4-,5-,6-/m1/s1. The maximum Gasteiger partial charge on any atom is 0.101 e. The summed E-state index contributed by atoms with van der Waals surface area (Å²) in [6.45, 7) is 0. The SMILES string of the molecule is N[C@H]1[C@H](O)[C@H](O)C=C[C@H]1O. The maximum atomic E-state index is 9.03. The molecule has 4 nitrogen and oxygen atoms in total. The van der Waals surface area contributed by atoms with Crippen LogP contribution in [0.1, 0.15) is 0 Å². The molecule has 0 heterocycles. The molecule has 1 aliphatic carbocycles. The molecule has 0 radical (unpaired) electrons. The molecular formula is C6H11NO3. The van der Waals surface area contributed by atoms with Crippen LogP contribution in [0.3, 0.4) is 0 Å². The Morgan fingerprint density at radius 2 is 1.50 bits per heavy atom. The molecule has 1 aliphatic rings. The van der Waals surface area contributed by atoms with Gasteiger partial charge >= 0.3 is 0 Å². The van der Waals surface area contributed by atoms with Crippen molar-refractivity contribution in [3.05, 3.63) is 12.2 Å². The second-order valence-electron chi connectivity index (χ2n) is 2.43. The fraction of sp³-hybridized carbons (Fsp3) is 0.667. The predicted octanol–water partition coefficient (Wildman–Crippen LogP) is -2.03.